The molecule has 1 aliphatic rings. The Morgan fingerprint density at radius 1 is 1.62 bits per heavy atom. The molecule has 130 valence electrons. The molecular weight excluding hydrogens is 332 g/mol. The Bertz CT molecular complexity index is 633. The summed E-state index contributed by atoms with van der Waals surface area (Å²) in [5.41, 5.74) is 1.11. The van der Waals surface area contributed by atoms with Crippen LogP contribution in [-0.4, -0.2) is 46.6 Å². The lowest BCUT2D eigenvalue weighted by Gasteiger charge is -2.38. The third-order valence-electron chi connectivity index (χ3n) is 3.85. The van der Waals surface area contributed by atoms with E-state index in [4.69, 9.17) is 16.3 Å². The van der Waals surface area contributed by atoms with Gasteiger partial charge < -0.3 is 14.5 Å². The van der Waals surface area contributed by atoms with E-state index in [9.17, 15) is 10.1 Å². The molecule has 0 radical (unpaired) electrons. The van der Waals surface area contributed by atoms with Gasteiger partial charge in [0.05, 0.1) is 11.5 Å². The van der Waals surface area contributed by atoms with Crippen LogP contribution in [0.5, 0.6) is 0 Å². The van der Waals surface area contributed by atoms with Crippen LogP contribution in [-0.2, 0) is 11.3 Å². The monoisotopic (exact) mass is 352 g/mol. The van der Waals surface area contributed by atoms with E-state index in [1.807, 2.05) is 30.0 Å². The maximum atomic E-state index is 11.4. The number of pyridine rings is 1. The Morgan fingerprint density at radius 2 is 2.38 bits per heavy atom. The van der Waals surface area contributed by atoms with E-state index in [0.717, 1.165) is 5.56 Å². The van der Waals surface area contributed by atoms with Gasteiger partial charge in [0.2, 0.25) is 0 Å². The number of hydrogen-bond acceptors (Lipinski definition) is 6. The smallest absolute Gasteiger partial charge is 0.286 e. The van der Waals surface area contributed by atoms with Crippen molar-refractivity contribution in [3.05, 3.63) is 63.3 Å². The Labute approximate surface area is 146 Å². The third-order valence-corrected chi connectivity index (χ3v) is 4.07. The summed E-state index contributed by atoms with van der Waals surface area (Å²) < 4.78 is 5.71. The number of rotatable bonds is 7. The number of aromatic nitrogens is 1. The molecule has 0 N–H and O–H groups in total. The Hall–Kier alpha value is -2.12. The summed E-state index contributed by atoms with van der Waals surface area (Å²) in [6.07, 6.45) is 4.05. The van der Waals surface area contributed by atoms with Gasteiger partial charge in [-0.25, -0.2) is 4.98 Å². The molecule has 1 unspecified atom stereocenters. The Morgan fingerprint density at radius 3 is 2.96 bits per heavy atom. The molecular formula is C16H21ClN4O3. The maximum absolute atomic E-state index is 11.4. The molecule has 0 fully saturated rings. The van der Waals surface area contributed by atoms with Crippen LogP contribution in [0.25, 0.3) is 0 Å². The van der Waals surface area contributed by atoms with Gasteiger partial charge in [0.25, 0.3) is 5.70 Å². The molecule has 0 spiro atoms. The van der Waals surface area contributed by atoms with Gasteiger partial charge in [0.1, 0.15) is 11.4 Å². The first kappa shape index (κ1) is 18.2. The van der Waals surface area contributed by atoms with Crippen molar-refractivity contribution < 1.29 is 9.66 Å². The molecule has 1 aromatic heterocycles. The van der Waals surface area contributed by atoms with E-state index in [2.05, 4.69) is 11.6 Å². The van der Waals surface area contributed by atoms with Crippen LogP contribution in [0.15, 0.2) is 42.5 Å². The predicted molar refractivity (Wildman–Crippen MR) is 91.7 cm³/mol. The summed E-state index contributed by atoms with van der Waals surface area (Å²) >= 11 is 5.80. The lowest BCUT2D eigenvalue weighted by atomic mass is 10.1. The van der Waals surface area contributed by atoms with Crippen molar-refractivity contribution >= 4 is 11.6 Å². The zero-order valence-electron chi connectivity index (χ0n) is 13.8. The van der Waals surface area contributed by atoms with Crippen molar-refractivity contribution in [1.29, 1.82) is 0 Å². The zero-order valence-corrected chi connectivity index (χ0v) is 14.6. The van der Waals surface area contributed by atoms with Gasteiger partial charge in [-0.1, -0.05) is 23.7 Å². The second-order valence-corrected chi connectivity index (χ2v) is 5.99. The highest BCUT2D eigenvalue weighted by atomic mass is 35.5. The number of nitrogens with zero attached hydrogens (tertiary/aromatic N) is 4. The number of allylic oxidation sites excluding steroid dienone is 1. The van der Waals surface area contributed by atoms with Gasteiger partial charge in [0, 0.05) is 39.7 Å². The fourth-order valence-corrected chi connectivity index (χ4v) is 2.90. The van der Waals surface area contributed by atoms with Crippen molar-refractivity contribution in [3.63, 3.8) is 0 Å². The molecule has 7 nitrogen and oxygen atoms in total. The van der Waals surface area contributed by atoms with E-state index in [1.165, 1.54) is 0 Å². The third kappa shape index (κ3) is 4.24. The fraction of sp³-hybridized carbons (Fsp3) is 0.438. The summed E-state index contributed by atoms with van der Waals surface area (Å²) in [4.78, 5) is 18.8. The highest BCUT2D eigenvalue weighted by Gasteiger charge is 2.34. The molecule has 1 aliphatic heterocycles. The topological polar surface area (TPSA) is 71.7 Å². The minimum Gasteiger partial charge on any atom is -0.354 e. The first-order chi connectivity index (χ1) is 11.4. The first-order valence-electron chi connectivity index (χ1n) is 7.58. The van der Waals surface area contributed by atoms with Gasteiger partial charge in [-0.3, -0.25) is 10.1 Å². The molecule has 0 aromatic carbocycles. The molecule has 0 saturated heterocycles. The van der Waals surface area contributed by atoms with Crippen LogP contribution in [0, 0.1) is 10.1 Å². The lowest BCUT2D eigenvalue weighted by Crippen LogP contribution is -2.44. The molecule has 1 atom stereocenters. The summed E-state index contributed by atoms with van der Waals surface area (Å²) in [5.74, 6) is 0.551. The molecule has 0 amide bonds. The largest absolute Gasteiger partial charge is 0.354 e. The number of nitro groups is 1. The second-order valence-electron chi connectivity index (χ2n) is 5.60. The standard InChI is InChI=1S/C16H21ClN4O3/c1-4-9-24-15-8-6-13(21(22)23)16(20(15)3)19(2)11-12-5-7-14(17)18-10-12/h4-5,7,10,15H,1,6,8-9,11H2,2-3H3. The van der Waals surface area contributed by atoms with Crippen LogP contribution in [0.1, 0.15) is 18.4 Å². The first-order valence-corrected chi connectivity index (χ1v) is 7.96. The van der Waals surface area contributed by atoms with Gasteiger partial charge in [-0.05, 0) is 11.6 Å². The van der Waals surface area contributed by atoms with Crippen molar-refractivity contribution in [2.45, 2.75) is 25.6 Å². The maximum Gasteiger partial charge on any atom is 0.286 e. The molecule has 8 heteroatoms. The van der Waals surface area contributed by atoms with Gasteiger partial charge in [-0.2, -0.15) is 0 Å². The van der Waals surface area contributed by atoms with Crippen LogP contribution in [0.2, 0.25) is 5.15 Å². The molecule has 0 bridgehead atoms. The minimum atomic E-state index is -0.313. The summed E-state index contributed by atoms with van der Waals surface area (Å²) in [5, 5.41) is 11.9. The van der Waals surface area contributed by atoms with Crippen molar-refractivity contribution in [1.82, 2.24) is 14.8 Å². The quantitative estimate of drug-likeness (QED) is 0.325. The van der Waals surface area contributed by atoms with Gasteiger partial charge >= 0.3 is 0 Å². The predicted octanol–water partition coefficient (Wildman–Crippen LogP) is 2.87. The average Bonchev–Trinajstić information content (AvgIpc) is 2.55. The van der Waals surface area contributed by atoms with Crippen molar-refractivity contribution in [2.24, 2.45) is 0 Å². The van der Waals surface area contributed by atoms with Crippen LogP contribution in [0.4, 0.5) is 0 Å². The second kappa shape index (κ2) is 8.12. The lowest BCUT2D eigenvalue weighted by molar-refractivity contribution is -0.434. The molecule has 1 aromatic rings. The van der Waals surface area contributed by atoms with E-state index in [-0.39, 0.29) is 16.8 Å². The summed E-state index contributed by atoms with van der Waals surface area (Å²) in [6.45, 7) is 4.52. The molecule has 0 aliphatic carbocycles. The zero-order chi connectivity index (χ0) is 17.7. The number of ether oxygens (including phenoxy) is 1. The van der Waals surface area contributed by atoms with Crippen LogP contribution >= 0.6 is 11.6 Å². The minimum absolute atomic E-state index is 0.195. The van der Waals surface area contributed by atoms with E-state index < -0.39 is 0 Å². The normalized spacial score (nSPS) is 17.8. The molecule has 0 saturated carbocycles. The molecule has 2 rings (SSSR count). The summed E-state index contributed by atoms with van der Waals surface area (Å²) in [6, 6.07) is 3.56. The Kier molecular flexibility index (Phi) is 6.16. The van der Waals surface area contributed by atoms with Gasteiger partial charge in [-0.15, -0.1) is 6.58 Å². The number of halogens is 1. The van der Waals surface area contributed by atoms with Crippen molar-refractivity contribution in [2.75, 3.05) is 20.7 Å². The van der Waals surface area contributed by atoms with E-state index >= 15 is 0 Å². The van der Waals surface area contributed by atoms with E-state index in [1.54, 1.807) is 18.3 Å². The highest BCUT2D eigenvalue weighted by molar-refractivity contribution is 6.29. The van der Waals surface area contributed by atoms with Crippen molar-refractivity contribution in [3.8, 4) is 0 Å². The van der Waals surface area contributed by atoms with Gasteiger partial charge in [0.15, 0.2) is 5.82 Å². The summed E-state index contributed by atoms with van der Waals surface area (Å²) in [7, 11) is 3.63. The fourth-order valence-electron chi connectivity index (χ4n) is 2.79. The Balaban J connectivity index is 2.24. The number of hydrogen-bond donors (Lipinski definition) is 0. The molecule has 24 heavy (non-hydrogen) atoms. The highest BCUT2D eigenvalue weighted by Crippen LogP contribution is 2.29. The molecule has 2 heterocycles. The van der Waals surface area contributed by atoms with Crippen LogP contribution in [0.3, 0.4) is 0 Å². The van der Waals surface area contributed by atoms with E-state index in [0.29, 0.717) is 37.0 Å². The SMILES string of the molecule is C=CCOC1CCC([N+](=O)[O-])=C(N(C)Cc2ccc(Cl)nc2)N1C. The average molecular weight is 353 g/mol. The van der Waals surface area contributed by atoms with Crippen LogP contribution < -0.4 is 0 Å².